The highest BCUT2D eigenvalue weighted by atomic mass is 35.5. The molecule has 1 rings (SSSR count). The number of pyridine rings is 1. The normalized spacial score (nSPS) is 11.6. The summed E-state index contributed by atoms with van der Waals surface area (Å²) in [5.74, 6) is -0.549. The largest absolute Gasteiger partial charge is 0.433 e. The summed E-state index contributed by atoms with van der Waals surface area (Å²) in [7, 11) is 0. The second-order valence-corrected chi connectivity index (χ2v) is 3.23. The van der Waals surface area contributed by atoms with Crippen LogP contribution in [0.1, 0.15) is 28.9 Å². The molecule has 0 aliphatic heterocycles. The molecule has 1 aromatic rings. The highest BCUT2D eigenvalue weighted by Crippen LogP contribution is 2.33. The average molecular weight is 271 g/mol. The minimum absolute atomic E-state index is 0.166. The van der Waals surface area contributed by atoms with Gasteiger partial charge in [-0.15, -0.1) is 11.6 Å². The second-order valence-electron chi connectivity index (χ2n) is 2.96. The molecule has 0 bridgehead atoms. The fraction of sp³-hybridized carbons (Fsp3) is 0.333. The van der Waals surface area contributed by atoms with Crippen LogP contribution in [0.5, 0.6) is 0 Å². The van der Waals surface area contributed by atoms with E-state index in [0.29, 0.717) is 0 Å². The summed E-state index contributed by atoms with van der Waals surface area (Å²) < 4.78 is 62.1. The van der Waals surface area contributed by atoms with Gasteiger partial charge < -0.3 is 0 Å². The lowest BCUT2D eigenvalue weighted by atomic mass is 10.1. The Morgan fingerprint density at radius 1 is 1.41 bits per heavy atom. The number of aromatic nitrogens is 1. The molecule has 0 atom stereocenters. The Morgan fingerprint density at radius 3 is 2.35 bits per heavy atom. The molecule has 0 aliphatic carbocycles. The molecule has 0 saturated heterocycles. The SMILES string of the molecule is N#Cc1c(C(F)F)cc(C(F)(F)F)nc1CCl. The van der Waals surface area contributed by atoms with Crippen molar-refractivity contribution in [2.24, 2.45) is 0 Å². The van der Waals surface area contributed by atoms with Gasteiger partial charge in [0.1, 0.15) is 11.8 Å². The average Bonchev–Trinajstić information content (AvgIpc) is 2.25. The van der Waals surface area contributed by atoms with Gasteiger partial charge in [0.05, 0.1) is 17.1 Å². The van der Waals surface area contributed by atoms with Gasteiger partial charge in [0.25, 0.3) is 6.43 Å². The molecular weight excluding hydrogens is 267 g/mol. The monoisotopic (exact) mass is 270 g/mol. The standard InChI is InChI=1S/C9H4ClF5N2/c10-2-6-5(3-16)4(8(11)12)1-7(17-6)9(13,14)15/h1,8H,2H2. The van der Waals surface area contributed by atoms with Crippen LogP contribution in [-0.4, -0.2) is 4.98 Å². The molecule has 1 heterocycles. The van der Waals surface area contributed by atoms with Gasteiger partial charge in [-0.2, -0.15) is 18.4 Å². The van der Waals surface area contributed by atoms with Crippen molar-refractivity contribution in [3.63, 3.8) is 0 Å². The fourth-order valence-corrected chi connectivity index (χ4v) is 1.36. The van der Waals surface area contributed by atoms with E-state index in [2.05, 4.69) is 4.98 Å². The first-order chi connectivity index (χ1) is 7.81. The number of hydrogen-bond acceptors (Lipinski definition) is 2. The van der Waals surface area contributed by atoms with E-state index in [1.54, 1.807) is 0 Å². The molecule has 0 unspecified atom stereocenters. The Kier molecular flexibility index (Phi) is 3.88. The summed E-state index contributed by atoms with van der Waals surface area (Å²) in [6.45, 7) is 0. The second kappa shape index (κ2) is 4.84. The quantitative estimate of drug-likeness (QED) is 0.607. The lowest BCUT2D eigenvalue weighted by Gasteiger charge is -2.11. The Hall–Kier alpha value is -1.42. The topological polar surface area (TPSA) is 36.7 Å². The smallest absolute Gasteiger partial charge is 0.246 e. The Bertz CT molecular complexity index is 464. The summed E-state index contributed by atoms with van der Waals surface area (Å²) in [5, 5.41) is 8.61. The van der Waals surface area contributed by atoms with Crippen LogP contribution in [0.4, 0.5) is 22.0 Å². The van der Waals surface area contributed by atoms with Crippen molar-refractivity contribution in [1.82, 2.24) is 4.98 Å². The molecule has 0 spiro atoms. The number of rotatable bonds is 2. The zero-order chi connectivity index (χ0) is 13.2. The van der Waals surface area contributed by atoms with Gasteiger partial charge in [0.15, 0.2) is 0 Å². The minimum atomic E-state index is -4.86. The van der Waals surface area contributed by atoms with Crippen molar-refractivity contribution in [1.29, 1.82) is 5.26 Å². The molecule has 0 radical (unpaired) electrons. The van der Waals surface area contributed by atoms with Gasteiger partial charge in [-0.05, 0) is 6.07 Å². The molecule has 0 N–H and O–H groups in total. The third-order valence-corrected chi connectivity index (χ3v) is 2.14. The van der Waals surface area contributed by atoms with Crippen LogP contribution in [0.3, 0.4) is 0 Å². The molecule has 0 amide bonds. The summed E-state index contributed by atoms with van der Waals surface area (Å²) in [5.41, 5.74) is -3.60. The summed E-state index contributed by atoms with van der Waals surface area (Å²) >= 11 is 5.28. The highest BCUT2D eigenvalue weighted by Gasteiger charge is 2.35. The maximum atomic E-state index is 12.5. The molecule has 92 valence electrons. The predicted molar refractivity (Wildman–Crippen MR) is 48.5 cm³/mol. The van der Waals surface area contributed by atoms with Crippen molar-refractivity contribution in [3.8, 4) is 6.07 Å². The van der Waals surface area contributed by atoms with Crippen molar-refractivity contribution in [2.75, 3.05) is 0 Å². The molecule has 0 saturated carbocycles. The third-order valence-electron chi connectivity index (χ3n) is 1.89. The zero-order valence-electron chi connectivity index (χ0n) is 8.02. The Labute approximate surface area is 97.6 Å². The van der Waals surface area contributed by atoms with Gasteiger partial charge in [-0.1, -0.05) is 0 Å². The Morgan fingerprint density at radius 2 is 2.00 bits per heavy atom. The summed E-state index contributed by atoms with van der Waals surface area (Å²) in [6.07, 6.45) is -8.06. The van der Waals surface area contributed by atoms with E-state index in [4.69, 9.17) is 16.9 Å². The number of alkyl halides is 6. The van der Waals surface area contributed by atoms with E-state index in [0.717, 1.165) is 0 Å². The number of hydrogen-bond donors (Lipinski definition) is 0. The van der Waals surface area contributed by atoms with E-state index >= 15 is 0 Å². The van der Waals surface area contributed by atoms with Gasteiger partial charge in [-0.25, -0.2) is 13.8 Å². The molecule has 0 aromatic carbocycles. The van der Waals surface area contributed by atoms with Crippen molar-refractivity contribution >= 4 is 11.6 Å². The molecule has 2 nitrogen and oxygen atoms in total. The van der Waals surface area contributed by atoms with Crippen LogP contribution in [0.2, 0.25) is 0 Å². The molecule has 1 aromatic heterocycles. The van der Waals surface area contributed by atoms with Crippen molar-refractivity contribution in [2.45, 2.75) is 18.5 Å². The van der Waals surface area contributed by atoms with Crippen molar-refractivity contribution in [3.05, 3.63) is 28.6 Å². The lowest BCUT2D eigenvalue weighted by Crippen LogP contribution is -2.12. The molecule has 8 heteroatoms. The summed E-state index contributed by atoms with van der Waals surface area (Å²) in [4.78, 5) is 3.06. The highest BCUT2D eigenvalue weighted by molar-refractivity contribution is 6.17. The molecule has 0 fully saturated rings. The van der Waals surface area contributed by atoms with Crippen LogP contribution >= 0.6 is 11.6 Å². The maximum absolute atomic E-state index is 12.5. The van der Waals surface area contributed by atoms with Gasteiger partial charge in [-0.3, -0.25) is 0 Å². The Balaban J connectivity index is 3.53. The lowest BCUT2D eigenvalue weighted by molar-refractivity contribution is -0.141. The van der Waals surface area contributed by atoms with E-state index < -0.39 is 41.0 Å². The van der Waals surface area contributed by atoms with E-state index in [-0.39, 0.29) is 6.07 Å². The number of nitriles is 1. The van der Waals surface area contributed by atoms with Gasteiger partial charge >= 0.3 is 6.18 Å². The predicted octanol–water partition coefficient (Wildman–Crippen LogP) is 3.65. The first-order valence-electron chi connectivity index (χ1n) is 4.16. The van der Waals surface area contributed by atoms with Crippen LogP contribution in [0.25, 0.3) is 0 Å². The van der Waals surface area contributed by atoms with Gasteiger partial charge in [0.2, 0.25) is 0 Å². The molecule has 17 heavy (non-hydrogen) atoms. The first-order valence-corrected chi connectivity index (χ1v) is 4.70. The summed E-state index contributed by atoms with van der Waals surface area (Å²) in [6, 6.07) is 1.55. The van der Waals surface area contributed by atoms with Crippen LogP contribution < -0.4 is 0 Å². The minimum Gasteiger partial charge on any atom is -0.246 e. The van der Waals surface area contributed by atoms with Crippen molar-refractivity contribution < 1.29 is 22.0 Å². The van der Waals surface area contributed by atoms with E-state index in [1.807, 2.05) is 0 Å². The van der Waals surface area contributed by atoms with Crippen LogP contribution in [0, 0.1) is 11.3 Å². The van der Waals surface area contributed by atoms with E-state index in [1.165, 1.54) is 6.07 Å². The zero-order valence-corrected chi connectivity index (χ0v) is 8.78. The number of halogens is 6. The van der Waals surface area contributed by atoms with Crippen LogP contribution in [-0.2, 0) is 12.1 Å². The van der Waals surface area contributed by atoms with Gasteiger partial charge in [0, 0.05) is 5.56 Å². The third kappa shape index (κ3) is 2.82. The first kappa shape index (κ1) is 13.6. The van der Waals surface area contributed by atoms with Crippen LogP contribution in [0.15, 0.2) is 6.07 Å². The van der Waals surface area contributed by atoms with E-state index in [9.17, 15) is 22.0 Å². The molecular formula is C9H4ClF5N2. The maximum Gasteiger partial charge on any atom is 0.433 e. The number of nitrogens with zero attached hydrogens (tertiary/aromatic N) is 2. The fourth-order valence-electron chi connectivity index (χ4n) is 1.16. The molecule has 0 aliphatic rings.